The van der Waals surface area contributed by atoms with Crippen LogP contribution in [0.4, 0.5) is 0 Å². The Bertz CT molecular complexity index is 280. The third-order valence-corrected chi connectivity index (χ3v) is 2.66. The summed E-state index contributed by atoms with van der Waals surface area (Å²) in [6.45, 7) is 0.795. The number of aliphatic imine (C=N–C) groups is 1. The van der Waals surface area contributed by atoms with Crippen LogP contribution in [0, 0.1) is 0 Å². The molecule has 1 atom stereocenters. The number of rotatable bonds is 1. The molecule has 2 heterocycles. The van der Waals surface area contributed by atoms with Gasteiger partial charge in [0.05, 0.1) is 6.04 Å². The third kappa shape index (κ3) is 1.40. The van der Waals surface area contributed by atoms with Crippen molar-refractivity contribution >= 4 is 17.3 Å². The van der Waals surface area contributed by atoms with Gasteiger partial charge in [-0.1, -0.05) is 0 Å². The molecule has 0 saturated carbocycles. The Labute approximate surface area is 74.5 Å². The van der Waals surface area contributed by atoms with Crippen molar-refractivity contribution in [2.45, 2.75) is 12.5 Å². The second-order valence-electron chi connectivity index (χ2n) is 2.62. The molecule has 0 radical (unpaired) electrons. The summed E-state index contributed by atoms with van der Waals surface area (Å²) in [7, 11) is 0. The third-order valence-electron chi connectivity index (χ3n) is 1.77. The highest BCUT2D eigenvalue weighted by Gasteiger charge is 2.17. The summed E-state index contributed by atoms with van der Waals surface area (Å²) < 4.78 is 0. The van der Waals surface area contributed by atoms with Gasteiger partial charge in [-0.25, -0.2) is 4.98 Å². The van der Waals surface area contributed by atoms with Crippen LogP contribution in [0.5, 0.6) is 0 Å². The molecule has 12 heavy (non-hydrogen) atoms. The first-order valence-corrected chi connectivity index (χ1v) is 4.70. The van der Waals surface area contributed by atoms with Crippen LogP contribution in [-0.2, 0) is 0 Å². The van der Waals surface area contributed by atoms with Crippen molar-refractivity contribution in [3.63, 3.8) is 0 Å². The fraction of sp³-hybridized carbons (Fsp3) is 0.429. The van der Waals surface area contributed by atoms with Crippen LogP contribution < -0.4 is 11.1 Å². The Morgan fingerprint density at radius 2 is 2.58 bits per heavy atom. The maximum absolute atomic E-state index is 5.55. The van der Waals surface area contributed by atoms with Gasteiger partial charge in [0.1, 0.15) is 5.01 Å². The molecule has 0 saturated heterocycles. The maximum atomic E-state index is 5.55. The average Bonchev–Trinajstić information content (AvgIpc) is 2.56. The van der Waals surface area contributed by atoms with Crippen LogP contribution >= 0.6 is 11.3 Å². The number of thiazole rings is 1. The molecule has 1 aliphatic heterocycles. The van der Waals surface area contributed by atoms with E-state index < -0.39 is 0 Å². The number of hydrogen-bond donors (Lipinski definition) is 2. The summed E-state index contributed by atoms with van der Waals surface area (Å²) in [6.07, 6.45) is 2.79. The monoisotopic (exact) mass is 182 g/mol. The predicted octanol–water partition coefficient (Wildman–Crippen LogP) is 0.492. The Hall–Kier alpha value is -1.10. The van der Waals surface area contributed by atoms with E-state index in [0.29, 0.717) is 5.96 Å². The number of nitrogens with one attached hydrogen (secondary N) is 1. The van der Waals surface area contributed by atoms with Gasteiger partial charge >= 0.3 is 0 Å². The van der Waals surface area contributed by atoms with Gasteiger partial charge in [0, 0.05) is 18.1 Å². The largest absolute Gasteiger partial charge is 0.370 e. The predicted molar refractivity (Wildman–Crippen MR) is 49.1 cm³/mol. The van der Waals surface area contributed by atoms with E-state index in [0.717, 1.165) is 18.0 Å². The Morgan fingerprint density at radius 1 is 1.67 bits per heavy atom. The Balaban J connectivity index is 2.12. The van der Waals surface area contributed by atoms with Crippen molar-refractivity contribution in [1.82, 2.24) is 10.3 Å². The van der Waals surface area contributed by atoms with Crippen LogP contribution in [0.3, 0.4) is 0 Å². The van der Waals surface area contributed by atoms with Gasteiger partial charge < -0.3 is 11.1 Å². The normalized spacial score (nSPS) is 23.0. The Morgan fingerprint density at radius 3 is 3.25 bits per heavy atom. The van der Waals surface area contributed by atoms with Gasteiger partial charge in [0.25, 0.3) is 0 Å². The minimum absolute atomic E-state index is 0.266. The van der Waals surface area contributed by atoms with Gasteiger partial charge in [-0.3, -0.25) is 4.99 Å². The molecule has 1 unspecified atom stereocenters. The minimum Gasteiger partial charge on any atom is -0.370 e. The van der Waals surface area contributed by atoms with Crippen molar-refractivity contribution in [1.29, 1.82) is 0 Å². The second-order valence-corrected chi connectivity index (χ2v) is 3.55. The Kier molecular flexibility index (Phi) is 1.95. The summed E-state index contributed by atoms with van der Waals surface area (Å²) in [5.41, 5.74) is 5.55. The summed E-state index contributed by atoms with van der Waals surface area (Å²) in [6, 6.07) is 0.266. The molecule has 2 rings (SSSR count). The molecule has 64 valence electrons. The minimum atomic E-state index is 0.266. The number of hydrogen-bond acceptors (Lipinski definition) is 5. The van der Waals surface area contributed by atoms with E-state index in [9.17, 15) is 0 Å². The van der Waals surface area contributed by atoms with Crippen molar-refractivity contribution in [2.24, 2.45) is 10.7 Å². The fourth-order valence-corrected chi connectivity index (χ4v) is 1.93. The van der Waals surface area contributed by atoms with Crippen LogP contribution in [0.2, 0.25) is 0 Å². The molecule has 3 N–H and O–H groups in total. The van der Waals surface area contributed by atoms with Crippen molar-refractivity contribution in [3.05, 3.63) is 16.6 Å². The second kappa shape index (κ2) is 3.10. The molecule has 0 fully saturated rings. The zero-order valence-corrected chi connectivity index (χ0v) is 7.34. The van der Waals surface area contributed by atoms with Crippen molar-refractivity contribution in [2.75, 3.05) is 6.54 Å². The number of nitrogens with two attached hydrogens (primary N) is 1. The SMILES string of the molecule is NC1=NCCC(c2nccs2)N1. The highest BCUT2D eigenvalue weighted by atomic mass is 32.1. The summed E-state index contributed by atoms with van der Waals surface area (Å²) in [5, 5.41) is 6.16. The van der Waals surface area contributed by atoms with E-state index >= 15 is 0 Å². The molecule has 0 aromatic carbocycles. The maximum Gasteiger partial charge on any atom is 0.189 e. The molecule has 1 aromatic rings. The topological polar surface area (TPSA) is 63.3 Å². The molecule has 1 aromatic heterocycles. The van der Waals surface area contributed by atoms with Crippen LogP contribution in [0.15, 0.2) is 16.6 Å². The van der Waals surface area contributed by atoms with E-state index in [1.54, 1.807) is 11.3 Å². The van der Waals surface area contributed by atoms with Gasteiger partial charge in [-0.05, 0) is 6.42 Å². The average molecular weight is 182 g/mol. The molecule has 0 spiro atoms. The highest BCUT2D eigenvalue weighted by molar-refractivity contribution is 7.09. The molecule has 1 aliphatic rings. The summed E-state index contributed by atoms with van der Waals surface area (Å²) in [4.78, 5) is 8.27. The number of nitrogens with zero attached hydrogens (tertiary/aromatic N) is 2. The summed E-state index contributed by atoms with van der Waals surface area (Å²) in [5.74, 6) is 0.529. The lowest BCUT2D eigenvalue weighted by Gasteiger charge is -2.20. The quantitative estimate of drug-likeness (QED) is 0.664. The smallest absolute Gasteiger partial charge is 0.189 e. The van der Waals surface area contributed by atoms with E-state index in [1.807, 2.05) is 11.6 Å². The highest BCUT2D eigenvalue weighted by Crippen LogP contribution is 2.20. The van der Waals surface area contributed by atoms with Gasteiger partial charge in [0.15, 0.2) is 5.96 Å². The molecule has 0 amide bonds. The summed E-state index contributed by atoms with van der Waals surface area (Å²) >= 11 is 1.65. The number of guanidine groups is 1. The van der Waals surface area contributed by atoms with Crippen LogP contribution in [0.1, 0.15) is 17.5 Å². The lowest BCUT2D eigenvalue weighted by atomic mass is 10.2. The lowest BCUT2D eigenvalue weighted by Crippen LogP contribution is -2.38. The van der Waals surface area contributed by atoms with Crippen LogP contribution in [0.25, 0.3) is 0 Å². The van der Waals surface area contributed by atoms with E-state index in [1.165, 1.54) is 0 Å². The van der Waals surface area contributed by atoms with Crippen molar-refractivity contribution in [3.8, 4) is 0 Å². The first kappa shape index (κ1) is 7.54. The standard InChI is InChI=1S/C7H10N4S/c8-7-10-2-1-5(11-7)6-9-3-4-12-6/h3-5H,1-2H2,(H3,8,10,11). The molecule has 0 bridgehead atoms. The van der Waals surface area contributed by atoms with Gasteiger partial charge in [-0.2, -0.15) is 0 Å². The van der Waals surface area contributed by atoms with Gasteiger partial charge in [0.2, 0.25) is 0 Å². The zero-order valence-electron chi connectivity index (χ0n) is 6.53. The molecule has 4 nitrogen and oxygen atoms in total. The first-order valence-electron chi connectivity index (χ1n) is 3.82. The van der Waals surface area contributed by atoms with E-state index in [2.05, 4.69) is 15.3 Å². The fourth-order valence-electron chi connectivity index (χ4n) is 1.20. The lowest BCUT2D eigenvalue weighted by molar-refractivity contribution is 0.565. The number of aromatic nitrogens is 1. The molecular formula is C7H10N4S. The van der Waals surface area contributed by atoms with E-state index in [4.69, 9.17) is 5.73 Å². The zero-order chi connectivity index (χ0) is 8.39. The molecule has 0 aliphatic carbocycles. The van der Waals surface area contributed by atoms with Gasteiger partial charge in [-0.15, -0.1) is 11.3 Å². The molecular weight excluding hydrogens is 172 g/mol. The molecule has 5 heteroatoms. The first-order chi connectivity index (χ1) is 5.86. The van der Waals surface area contributed by atoms with E-state index in [-0.39, 0.29) is 6.04 Å². The van der Waals surface area contributed by atoms with Crippen molar-refractivity contribution < 1.29 is 0 Å². The van der Waals surface area contributed by atoms with Crippen LogP contribution in [-0.4, -0.2) is 17.5 Å².